The van der Waals surface area contributed by atoms with Crippen LogP contribution in [0.15, 0.2) is 17.7 Å². The maximum absolute atomic E-state index is 4.21. The van der Waals surface area contributed by atoms with Crippen molar-refractivity contribution in [2.45, 2.75) is 11.8 Å². The number of aromatic nitrogens is 2. The molecule has 3 heteroatoms. The lowest BCUT2D eigenvalue weighted by atomic mass is 10.4. The van der Waals surface area contributed by atoms with Gasteiger partial charge >= 0.3 is 0 Å². The number of nitrogens with zero attached hydrogens (tertiary/aromatic N) is 2. The third-order valence-electron chi connectivity index (χ3n) is 1.32. The molecule has 58 valence electrons. The van der Waals surface area contributed by atoms with Crippen molar-refractivity contribution in [1.82, 2.24) is 9.97 Å². The molecule has 0 aromatic carbocycles. The molecule has 0 saturated heterocycles. The second kappa shape index (κ2) is 3.53. The molecule has 1 heterocycles. The van der Waals surface area contributed by atoms with Crippen LogP contribution in [-0.4, -0.2) is 16.2 Å². The zero-order valence-electron chi connectivity index (χ0n) is 6.66. The topological polar surface area (TPSA) is 25.8 Å². The first-order valence-electron chi connectivity index (χ1n) is 3.28. The maximum atomic E-state index is 4.21. The fraction of sp³-hybridized carbons (Fsp3) is 0.250. The molecule has 0 aliphatic rings. The molecule has 1 aromatic rings. The normalized spacial score (nSPS) is 9.64. The van der Waals surface area contributed by atoms with Crippen LogP contribution in [-0.2, 0) is 0 Å². The highest BCUT2D eigenvalue weighted by molar-refractivity contribution is 7.98. The standard InChI is InChI=1S/C8H10N2S/c1-4-7-8(11-3)5-9-6(2)10-7/h4-5H,1H2,2-3H3. The van der Waals surface area contributed by atoms with Gasteiger partial charge in [-0.25, -0.2) is 9.97 Å². The predicted octanol–water partition coefficient (Wildman–Crippen LogP) is 2.15. The Balaban J connectivity index is 3.16. The van der Waals surface area contributed by atoms with Gasteiger partial charge in [-0.15, -0.1) is 11.8 Å². The molecule has 11 heavy (non-hydrogen) atoms. The number of thioether (sulfide) groups is 1. The van der Waals surface area contributed by atoms with Gasteiger partial charge in [0.15, 0.2) is 0 Å². The van der Waals surface area contributed by atoms with Crippen molar-refractivity contribution < 1.29 is 0 Å². The third kappa shape index (κ3) is 1.80. The molecular weight excluding hydrogens is 156 g/mol. The molecule has 0 N–H and O–H groups in total. The van der Waals surface area contributed by atoms with Gasteiger partial charge in [0.05, 0.1) is 10.6 Å². The van der Waals surface area contributed by atoms with E-state index in [1.807, 2.05) is 19.4 Å². The second-order valence-corrected chi connectivity index (χ2v) is 2.92. The van der Waals surface area contributed by atoms with E-state index < -0.39 is 0 Å². The summed E-state index contributed by atoms with van der Waals surface area (Å²) in [5, 5.41) is 0. The Morgan fingerprint density at radius 2 is 2.36 bits per heavy atom. The van der Waals surface area contributed by atoms with Crippen LogP contribution in [0.4, 0.5) is 0 Å². The number of aryl methyl sites for hydroxylation is 1. The summed E-state index contributed by atoms with van der Waals surface area (Å²) in [6.45, 7) is 5.55. The van der Waals surface area contributed by atoms with Crippen LogP contribution >= 0.6 is 11.8 Å². The Hall–Kier alpha value is -0.830. The van der Waals surface area contributed by atoms with E-state index in [0.29, 0.717) is 0 Å². The van der Waals surface area contributed by atoms with Crippen LogP contribution in [0.2, 0.25) is 0 Å². The molecular formula is C8H10N2S. The van der Waals surface area contributed by atoms with E-state index >= 15 is 0 Å². The molecule has 0 fully saturated rings. The van der Waals surface area contributed by atoms with Crippen LogP contribution in [0.5, 0.6) is 0 Å². The third-order valence-corrected chi connectivity index (χ3v) is 2.07. The van der Waals surface area contributed by atoms with E-state index in [2.05, 4.69) is 16.5 Å². The molecule has 0 amide bonds. The van der Waals surface area contributed by atoms with E-state index in [-0.39, 0.29) is 0 Å². The number of hydrogen-bond donors (Lipinski definition) is 0. The van der Waals surface area contributed by atoms with E-state index in [4.69, 9.17) is 0 Å². The van der Waals surface area contributed by atoms with Crippen molar-refractivity contribution in [3.8, 4) is 0 Å². The number of hydrogen-bond acceptors (Lipinski definition) is 3. The monoisotopic (exact) mass is 166 g/mol. The minimum absolute atomic E-state index is 0.790. The molecule has 1 aromatic heterocycles. The predicted molar refractivity (Wildman–Crippen MR) is 48.6 cm³/mol. The van der Waals surface area contributed by atoms with Gasteiger partial charge in [-0.05, 0) is 19.3 Å². The fourth-order valence-corrected chi connectivity index (χ4v) is 1.28. The number of rotatable bonds is 2. The van der Waals surface area contributed by atoms with Gasteiger partial charge in [0.25, 0.3) is 0 Å². The zero-order valence-corrected chi connectivity index (χ0v) is 7.48. The lowest BCUT2D eigenvalue weighted by Gasteiger charge is -2.00. The van der Waals surface area contributed by atoms with E-state index in [1.165, 1.54) is 0 Å². The van der Waals surface area contributed by atoms with Gasteiger partial charge in [-0.1, -0.05) is 6.58 Å². The molecule has 0 spiro atoms. The van der Waals surface area contributed by atoms with Gasteiger partial charge in [-0.3, -0.25) is 0 Å². The van der Waals surface area contributed by atoms with E-state index in [1.54, 1.807) is 17.8 Å². The fourth-order valence-electron chi connectivity index (χ4n) is 0.780. The smallest absolute Gasteiger partial charge is 0.125 e. The highest BCUT2D eigenvalue weighted by Crippen LogP contribution is 2.17. The van der Waals surface area contributed by atoms with Crippen molar-refractivity contribution in [3.05, 3.63) is 24.3 Å². The Kier molecular flexibility index (Phi) is 2.65. The molecule has 0 aliphatic heterocycles. The van der Waals surface area contributed by atoms with E-state index in [9.17, 15) is 0 Å². The highest BCUT2D eigenvalue weighted by Gasteiger charge is 1.98. The average Bonchev–Trinajstić information content (AvgIpc) is 2.04. The largest absolute Gasteiger partial charge is 0.240 e. The van der Waals surface area contributed by atoms with Crippen molar-refractivity contribution >= 4 is 17.8 Å². The zero-order chi connectivity index (χ0) is 8.27. The van der Waals surface area contributed by atoms with Crippen molar-refractivity contribution in [2.75, 3.05) is 6.26 Å². The van der Waals surface area contributed by atoms with Crippen molar-refractivity contribution in [1.29, 1.82) is 0 Å². The Labute approximate surface area is 70.8 Å². The maximum Gasteiger partial charge on any atom is 0.125 e. The van der Waals surface area contributed by atoms with Gasteiger partial charge in [-0.2, -0.15) is 0 Å². The first-order chi connectivity index (χ1) is 5.27. The summed E-state index contributed by atoms with van der Waals surface area (Å²) in [6.07, 6.45) is 5.57. The van der Waals surface area contributed by atoms with Crippen LogP contribution in [0, 0.1) is 6.92 Å². The summed E-state index contributed by atoms with van der Waals surface area (Å²) in [6, 6.07) is 0. The highest BCUT2D eigenvalue weighted by atomic mass is 32.2. The Bertz CT molecular complexity index is 271. The Morgan fingerprint density at radius 1 is 1.64 bits per heavy atom. The van der Waals surface area contributed by atoms with Crippen LogP contribution in [0.3, 0.4) is 0 Å². The molecule has 0 radical (unpaired) electrons. The summed E-state index contributed by atoms with van der Waals surface area (Å²) < 4.78 is 0. The SMILES string of the molecule is C=Cc1nc(C)ncc1SC. The molecule has 0 aliphatic carbocycles. The molecule has 1 rings (SSSR count). The van der Waals surface area contributed by atoms with Gasteiger partial charge in [0.2, 0.25) is 0 Å². The van der Waals surface area contributed by atoms with E-state index in [0.717, 1.165) is 16.4 Å². The van der Waals surface area contributed by atoms with Crippen LogP contribution < -0.4 is 0 Å². The van der Waals surface area contributed by atoms with Crippen LogP contribution in [0.1, 0.15) is 11.5 Å². The van der Waals surface area contributed by atoms with Gasteiger partial charge in [0.1, 0.15) is 5.82 Å². The minimum Gasteiger partial charge on any atom is -0.240 e. The molecule has 0 unspecified atom stereocenters. The minimum atomic E-state index is 0.790. The summed E-state index contributed by atoms with van der Waals surface area (Å²) in [5.74, 6) is 0.790. The summed E-state index contributed by atoms with van der Waals surface area (Å²) in [4.78, 5) is 9.37. The molecule has 0 atom stereocenters. The van der Waals surface area contributed by atoms with Gasteiger partial charge < -0.3 is 0 Å². The Morgan fingerprint density at radius 3 is 2.91 bits per heavy atom. The van der Waals surface area contributed by atoms with Crippen molar-refractivity contribution in [2.24, 2.45) is 0 Å². The lowest BCUT2D eigenvalue weighted by molar-refractivity contribution is 0.996. The first kappa shape index (κ1) is 8.27. The summed E-state index contributed by atoms with van der Waals surface area (Å²) in [7, 11) is 0. The second-order valence-electron chi connectivity index (χ2n) is 2.07. The first-order valence-corrected chi connectivity index (χ1v) is 4.50. The van der Waals surface area contributed by atoms with Crippen molar-refractivity contribution in [3.63, 3.8) is 0 Å². The summed E-state index contributed by atoms with van der Waals surface area (Å²) >= 11 is 1.63. The molecule has 0 saturated carbocycles. The average molecular weight is 166 g/mol. The van der Waals surface area contributed by atoms with Gasteiger partial charge in [0, 0.05) is 6.20 Å². The summed E-state index contributed by atoms with van der Waals surface area (Å²) in [5.41, 5.74) is 0.921. The quantitative estimate of drug-likeness (QED) is 0.629. The van der Waals surface area contributed by atoms with Crippen LogP contribution in [0.25, 0.3) is 6.08 Å². The lowest BCUT2D eigenvalue weighted by Crippen LogP contribution is -1.91. The molecule has 2 nitrogen and oxygen atoms in total. The molecule has 0 bridgehead atoms.